The van der Waals surface area contributed by atoms with Crippen molar-refractivity contribution >= 4 is 27.5 Å². The highest BCUT2D eigenvalue weighted by Gasteiger charge is 2.22. The Morgan fingerprint density at radius 1 is 1.67 bits per heavy atom. The Bertz CT molecular complexity index is 476. The van der Waals surface area contributed by atoms with E-state index in [1.807, 2.05) is 0 Å². The van der Waals surface area contributed by atoms with Crippen LogP contribution in [0.25, 0.3) is 0 Å². The average Bonchev–Trinajstić information content (AvgIpc) is 2.48. The maximum Gasteiger partial charge on any atom is 0.341 e. The predicted octanol–water partition coefficient (Wildman–Crippen LogP) is 1.25. The van der Waals surface area contributed by atoms with Gasteiger partial charge in [0.05, 0.1) is 12.2 Å². The van der Waals surface area contributed by atoms with Crippen LogP contribution in [0.5, 0.6) is 0 Å². The van der Waals surface area contributed by atoms with Crippen LogP contribution in [-0.2, 0) is 21.6 Å². The number of hydrogen-bond donors (Lipinski definition) is 1. The minimum atomic E-state index is -4.86. The van der Waals surface area contributed by atoms with E-state index in [2.05, 4.69) is 4.74 Å². The lowest BCUT2D eigenvalue weighted by Gasteiger charge is -1.95. The van der Waals surface area contributed by atoms with Gasteiger partial charge in [0.1, 0.15) is 0 Å². The molecule has 0 amide bonds. The van der Waals surface area contributed by atoms with Crippen LogP contribution in [0.15, 0.2) is 10.3 Å². The summed E-state index contributed by atoms with van der Waals surface area (Å²) in [6.45, 7) is -0.0676. The van der Waals surface area contributed by atoms with Gasteiger partial charge in [-0.15, -0.1) is 11.3 Å². The number of ether oxygens (including phenoxy) is 1. The summed E-state index contributed by atoms with van der Waals surface area (Å²) in [5.41, 5.74) is -0.252. The van der Waals surface area contributed by atoms with Gasteiger partial charge in [0.25, 0.3) is 0 Å². The molecular weight excluding hydrogens is 247 g/mol. The Kier molecular flexibility index (Phi) is 3.42. The molecule has 0 bridgehead atoms. The van der Waals surface area contributed by atoms with Gasteiger partial charge in [-0.2, -0.15) is 8.42 Å². The number of carboxylic acids is 1. The van der Waals surface area contributed by atoms with E-state index < -0.39 is 20.4 Å². The van der Waals surface area contributed by atoms with E-state index in [9.17, 15) is 17.1 Å². The predicted molar refractivity (Wildman–Crippen MR) is 50.3 cm³/mol. The van der Waals surface area contributed by atoms with Gasteiger partial charge in [-0.1, -0.05) is 3.89 Å². The molecule has 1 N–H and O–H groups in total. The summed E-state index contributed by atoms with van der Waals surface area (Å²) in [6, 6.07) is 0.788. The lowest BCUT2D eigenvalue weighted by molar-refractivity contribution is 0.0693. The standard InChI is InChI=1S/C7H7FO5S2/c1-13-3-5-4(7(9)10)2-6(14-5)15(8,11)12/h2H,3H2,1H3,(H,9,10). The van der Waals surface area contributed by atoms with E-state index in [1.165, 1.54) is 7.11 Å². The summed E-state index contributed by atoms with van der Waals surface area (Å²) >= 11 is 0.551. The molecule has 84 valence electrons. The average molecular weight is 254 g/mol. The number of carboxylic acid groups (broad SMARTS) is 1. The van der Waals surface area contributed by atoms with Crippen LogP contribution in [0, 0.1) is 0 Å². The summed E-state index contributed by atoms with van der Waals surface area (Å²) < 4.78 is 37.7. The summed E-state index contributed by atoms with van der Waals surface area (Å²) in [5.74, 6) is -1.31. The first kappa shape index (κ1) is 12.1. The van der Waals surface area contributed by atoms with E-state index in [0.717, 1.165) is 6.07 Å². The molecule has 1 aromatic rings. The number of halogens is 1. The summed E-state index contributed by atoms with van der Waals surface area (Å²) in [6.07, 6.45) is 0. The zero-order chi connectivity index (χ0) is 11.6. The number of rotatable bonds is 4. The van der Waals surface area contributed by atoms with Crippen LogP contribution in [-0.4, -0.2) is 26.6 Å². The van der Waals surface area contributed by atoms with Crippen molar-refractivity contribution in [2.24, 2.45) is 0 Å². The monoisotopic (exact) mass is 254 g/mol. The van der Waals surface area contributed by atoms with Crippen LogP contribution in [0.2, 0.25) is 0 Å². The first-order valence-corrected chi connectivity index (χ1v) is 5.86. The highest BCUT2D eigenvalue weighted by molar-refractivity contribution is 7.88. The third-order valence-corrected chi connectivity index (χ3v) is 3.88. The second kappa shape index (κ2) is 4.25. The molecular formula is C7H7FO5S2. The van der Waals surface area contributed by atoms with Crippen molar-refractivity contribution in [3.63, 3.8) is 0 Å². The Morgan fingerprint density at radius 3 is 2.67 bits per heavy atom. The van der Waals surface area contributed by atoms with E-state index in [4.69, 9.17) is 5.11 Å². The Hall–Kier alpha value is -0.990. The van der Waals surface area contributed by atoms with Crippen LogP contribution in [0.1, 0.15) is 15.2 Å². The molecule has 1 rings (SSSR count). The first-order valence-electron chi connectivity index (χ1n) is 3.66. The quantitative estimate of drug-likeness (QED) is 0.818. The van der Waals surface area contributed by atoms with Gasteiger partial charge in [0.2, 0.25) is 0 Å². The summed E-state index contributed by atoms with van der Waals surface area (Å²) in [4.78, 5) is 10.8. The van der Waals surface area contributed by atoms with Crippen LogP contribution in [0.3, 0.4) is 0 Å². The molecule has 0 aliphatic heterocycles. The van der Waals surface area contributed by atoms with Gasteiger partial charge in [0.15, 0.2) is 4.21 Å². The highest BCUT2D eigenvalue weighted by atomic mass is 32.3. The van der Waals surface area contributed by atoms with Gasteiger partial charge in [-0.25, -0.2) is 4.79 Å². The van der Waals surface area contributed by atoms with Gasteiger partial charge in [-0.05, 0) is 6.07 Å². The number of methoxy groups -OCH3 is 1. The van der Waals surface area contributed by atoms with Gasteiger partial charge in [-0.3, -0.25) is 0 Å². The SMILES string of the molecule is COCc1sc(S(=O)(=O)F)cc1C(=O)O. The number of thiophene rings is 1. The zero-order valence-corrected chi connectivity index (χ0v) is 9.19. The summed E-state index contributed by atoms with van der Waals surface area (Å²) in [5, 5.41) is 8.71. The highest BCUT2D eigenvalue weighted by Crippen LogP contribution is 2.28. The van der Waals surface area contributed by atoms with Crippen molar-refractivity contribution in [1.82, 2.24) is 0 Å². The normalized spacial score (nSPS) is 11.6. The minimum absolute atomic E-state index is 0.0676. The molecule has 0 aliphatic rings. The molecule has 0 unspecified atom stereocenters. The third kappa shape index (κ3) is 2.74. The molecule has 1 heterocycles. The molecule has 5 nitrogen and oxygen atoms in total. The van der Waals surface area contributed by atoms with Crippen LogP contribution in [0.4, 0.5) is 3.89 Å². The second-order valence-corrected chi connectivity index (χ2v) is 5.29. The van der Waals surface area contributed by atoms with Gasteiger partial charge in [0, 0.05) is 12.0 Å². The lowest BCUT2D eigenvalue weighted by atomic mass is 10.3. The van der Waals surface area contributed by atoms with E-state index in [-0.39, 0.29) is 17.0 Å². The Morgan fingerprint density at radius 2 is 2.27 bits per heavy atom. The molecule has 0 spiro atoms. The molecule has 0 saturated heterocycles. The van der Waals surface area contributed by atoms with Crippen molar-refractivity contribution in [3.8, 4) is 0 Å². The lowest BCUT2D eigenvalue weighted by Crippen LogP contribution is -1.98. The molecule has 1 aromatic heterocycles. The molecule has 0 atom stereocenters. The topological polar surface area (TPSA) is 80.7 Å². The van der Waals surface area contributed by atoms with Crippen LogP contribution < -0.4 is 0 Å². The molecule has 0 saturated carbocycles. The van der Waals surface area contributed by atoms with Crippen molar-refractivity contribution in [3.05, 3.63) is 16.5 Å². The van der Waals surface area contributed by atoms with E-state index in [0.29, 0.717) is 11.3 Å². The van der Waals surface area contributed by atoms with Crippen molar-refractivity contribution in [1.29, 1.82) is 0 Å². The fourth-order valence-electron chi connectivity index (χ4n) is 0.944. The third-order valence-electron chi connectivity index (χ3n) is 1.53. The van der Waals surface area contributed by atoms with E-state index >= 15 is 0 Å². The maximum absolute atomic E-state index is 12.6. The fourth-order valence-corrected chi connectivity index (χ4v) is 2.75. The molecule has 0 aliphatic carbocycles. The van der Waals surface area contributed by atoms with Gasteiger partial charge < -0.3 is 9.84 Å². The smallest absolute Gasteiger partial charge is 0.341 e. The molecule has 0 fully saturated rings. The summed E-state index contributed by atoms with van der Waals surface area (Å²) in [7, 11) is -3.53. The van der Waals surface area contributed by atoms with Gasteiger partial charge >= 0.3 is 16.2 Å². The van der Waals surface area contributed by atoms with Crippen molar-refractivity contribution in [2.75, 3.05) is 7.11 Å². The van der Waals surface area contributed by atoms with E-state index in [1.54, 1.807) is 0 Å². The zero-order valence-electron chi connectivity index (χ0n) is 7.56. The maximum atomic E-state index is 12.6. The minimum Gasteiger partial charge on any atom is -0.478 e. The first-order chi connectivity index (χ1) is 6.86. The largest absolute Gasteiger partial charge is 0.478 e. The number of carbonyl (C=O) groups is 1. The number of hydrogen-bond acceptors (Lipinski definition) is 5. The van der Waals surface area contributed by atoms with Crippen molar-refractivity contribution < 1.29 is 26.9 Å². The fraction of sp³-hybridized carbons (Fsp3) is 0.286. The number of aromatic carboxylic acids is 1. The molecule has 0 radical (unpaired) electrons. The molecule has 8 heteroatoms. The second-order valence-electron chi connectivity index (χ2n) is 2.58. The Balaban J connectivity index is 3.27. The Labute approximate surface area is 89.3 Å². The molecule has 15 heavy (non-hydrogen) atoms. The van der Waals surface area contributed by atoms with Crippen molar-refractivity contribution in [2.45, 2.75) is 10.8 Å². The molecule has 0 aromatic carbocycles. The van der Waals surface area contributed by atoms with Crippen LogP contribution >= 0.6 is 11.3 Å².